The molecule has 1 heteroatoms. The summed E-state index contributed by atoms with van der Waals surface area (Å²) >= 11 is 0. The molecule has 0 heterocycles. The Bertz CT molecular complexity index is 331. The van der Waals surface area contributed by atoms with Gasteiger partial charge in [-0.15, -0.1) is 0 Å². The molecule has 0 bridgehead atoms. The van der Waals surface area contributed by atoms with Crippen molar-refractivity contribution in [1.29, 1.82) is 5.41 Å². The molecule has 0 spiro atoms. The van der Waals surface area contributed by atoms with E-state index in [0.717, 1.165) is 18.6 Å². The fourth-order valence-electron chi connectivity index (χ4n) is 1.88. The van der Waals surface area contributed by atoms with Crippen LogP contribution in [0.4, 0.5) is 0 Å². The van der Waals surface area contributed by atoms with Gasteiger partial charge in [0, 0.05) is 11.1 Å². The maximum absolute atomic E-state index is 7.75. The van der Waals surface area contributed by atoms with E-state index >= 15 is 0 Å². The van der Waals surface area contributed by atoms with Crippen molar-refractivity contribution in [2.75, 3.05) is 0 Å². The molecular formula is C12H15N. The van der Waals surface area contributed by atoms with E-state index in [1.54, 1.807) is 0 Å². The van der Waals surface area contributed by atoms with Crippen LogP contribution in [0.15, 0.2) is 24.3 Å². The molecule has 1 N–H and O–H groups in total. The van der Waals surface area contributed by atoms with Gasteiger partial charge in [-0.05, 0) is 32.3 Å². The zero-order chi connectivity index (χ0) is 9.47. The third-order valence-electron chi connectivity index (χ3n) is 3.07. The Labute approximate surface area is 79.3 Å². The van der Waals surface area contributed by atoms with E-state index in [1.165, 1.54) is 11.1 Å². The smallest absolute Gasteiger partial charge is 0.0327 e. The minimum Gasteiger partial charge on any atom is -0.309 e. The Kier molecular flexibility index (Phi) is 1.76. The van der Waals surface area contributed by atoms with Crippen molar-refractivity contribution < 1.29 is 0 Å². The molecule has 1 saturated carbocycles. The standard InChI is InChI=1S/C12H15N/c1-9-3-5-11(6-4-9)12(7-8-12)10(2)13/h3-6,13H,7-8H2,1-2H3. The Hall–Kier alpha value is -1.11. The summed E-state index contributed by atoms with van der Waals surface area (Å²) in [5, 5.41) is 7.75. The van der Waals surface area contributed by atoms with Crippen LogP contribution in [0.3, 0.4) is 0 Å². The number of hydrogen-bond donors (Lipinski definition) is 1. The highest BCUT2D eigenvalue weighted by Crippen LogP contribution is 2.48. The molecule has 1 aromatic carbocycles. The van der Waals surface area contributed by atoms with E-state index in [2.05, 4.69) is 31.2 Å². The summed E-state index contributed by atoms with van der Waals surface area (Å²) in [6.45, 7) is 4.02. The van der Waals surface area contributed by atoms with E-state index in [1.807, 2.05) is 6.92 Å². The molecule has 0 unspecified atom stereocenters. The molecule has 1 aromatic rings. The van der Waals surface area contributed by atoms with Crippen molar-refractivity contribution in [2.45, 2.75) is 32.1 Å². The van der Waals surface area contributed by atoms with Crippen LogP contribution in [0.1, 0.15) is 30.9 Å². The lowest BCUT2D eigenvalue weighted by Crippen LogP contribution is -2.15. The average Bonchev–Trinajstić information content (AvgIpc) is 2.86. The zero-order valence-electron chi connectivity index (χ0n) is 8.22. The van der Waals surface area contributed by atoms with Crippen molar-refractivity contribution in [2.24, 2.45) is 0 Å². The third kappa shape index (κ3) is 1.28. The van der Waals surface area contributed by atoms with Gasteiger partial charge in [-0.25, -0.2) is 0 Å². The molecule has 0 aromatic heterocycles. The maximum Gasteiger partial charge on any atom is 0.0327 e. The van der Waals surface area contributed by atoms with Gasteiger partial charge in [0.1, 0.15) is 0 Å². The predicted octanol–water partition coefficient (Wildman–Crippen LogP) is 3.07. The Balaban J connectivity index is 2.36. The first-order chi connectivity index (χ1) is 6.15. The number of aryl methyl sites for hydroxylation is 1. The highest BCUT2D eigenvalue weighted by molar-refractivity contribution is 5.93. The summed E-state index contributed by atoms with van der Waals surface area (Å²) in [5.74, 6) is 0. The molecule has 0 atom stereocenters. The van der Waals surface area contributed by atoms with Crippen molar-refractivity contribution >= 4 is 5.71 Å². The van der Waals surface area contributed by atoms with Crippen molar-refractivity contribution in [3.8, 4) is 0 Å². The molecule has 2 rings (SSSR count). The number of hydrogen-bond acceptors (Lipinski definition) is 1. The van der Waals surface area contributed by atoms with Crippen LogP contribution in [0.2, 0.25) is 0 Å². The SMILES string of the molecule is CC(=N)C1(c2ccc(C)cc2)CC1. The van der Waals surface area contributed by atoms with E-state index < -0.39 is 0 Å². The topological polar surface area (TPSA) is 23.9 Å². The summed E-state index contributed by atoms with van der Waals surface area (Å²) < 4.78 is 0. The summed E-state index contributed by atoms with van der Waals surface area (Å²) in [5.41, 5.74) is 3.55. The lowest BCUT2D eigenvalue weighted by Gasteiger charge is -2.13. The largest absolute Gasteiger partial charge is 0.309 e. The van der Waals surface area contributed by atoms with Crippen molar-refractivity contribution in [1.82, 2.24) is 0 Å². The van der Waals surface area contributed by atoms with E-state index in [9.17, 15) is 0 Å². The number of benzene rings is 1. The van der Waals surface area contributed by atoms with Gasteiger partial charge < -0.3 is 5.41 Å². The van der Waals surface area contributed by atoms with Crippen LogP contribution in [0, 0.1) is 12.3 Å². The molecule has 68 valence electrons. The second-order valence-electron chi connectivity index (χ2n) is 4.07. The van der Waals surface area contributed by atoms with Gasteiger partial charge in [0.05, 0.1) is 0 Å². The molecule has 1 nitrogen and oxygen atoms in total. The van der Waals surface area contributed by atoms with Crippen LogP contribution < -0.4 is 0 Å². The first-order valence-electron chi connectivity index (χ1n) is 4.78. The lowest BCUT2D eigenvalue weighted by atomic mass is 9.91. The summed E-state index contributed by atoms with van der Waals surface area (Å²) in [7, 11) is 0. The summed E-state index contributed by atoms with van der Waals surface area (Å²) in [6.07, 6.45) is 2.32. The third-order valence-corrected chi connectivity index (χ3v) is 3.07. The molecule has 1 fully saturated rings. The van der Waals surface area contributed by atoms with Crippen LogP contribution >= 0.6 is 0 Å². The Morgan fingerprint density at radius 3 is 2.15 bits per heavy atom. The number of rotatable bonds is 2. The van der Waals surface area contributed by atoms with Crippen molar-refractivity contribution in [3.63, 3.8) is 0 Å². The monoisotopic (exact) mass is 173 g/mol. The van der Waals surface area contributed by atoms with Crippen molar-refractivity contribution in [3.05, 3.63) is 35.4 Å². The molecule has 1 aliphatic carbocycles. The molecular weight excluding hydrogens is 158 g/mol. The Morgan fingerprint density at radius 2 is 1.77 bits per heavy atom. The minimum atomic E-state index is 0.119. The first kappa shape index (κ1) is 8.49. The van der Waals surface area contributed by atoms with E-state index in [0.29, 0.717) is 0 Å². The molecule has 0 amide bonds. The van der Waals surface area contributed by atoms with Crippen LogP contribution in [0.5, 0.6) is 0 Å². The minimum absolute atomic E-state index is 0.119. The van der Waals surface area contributed by atoms with Crippen LogP contribution in [0.25, 0.3) is 0 Å². The van der Waals surface area contributed by atoms with Gasteiger partial charge >= 0.3 is 0 Å². The Morgan fingerprint density at radius 1 is 1.23 bits per heavy atom. The first-order valence-corrected chi connectivity index (χ1v) is 4.78. The second kappa shape index (κ2) is 2.69. The van der Waals surface area contributed by atoms with Gasteiger partial charge in [-0.2, -0.15) is 0 Å². The van der Waals surface area contributed by atoms with Gasteiger partial charge in [0.15, 0.2) is 0 Å². The van der Waals surface area contributed by atoms with Gasteiger partial charge in [-0.3, -0.25) is 0 Å². The fraction of sp³-hybridized carbons (Fsp3) is 0.417. The van der Waals surface area contributed by atoms with Gasteiger partial charge in [0.25, 0.3) is 0 Å². The molecule has 0 aliphatic heterocycles. The maximum atomic E-state index is 7.75. The van der Waals surface area contributed by atoms with Crippen LogP contribution in [-0.2, 0) is 5.41 Å². The fourth-order valence-corrected chi connectivity index (χ4v) is 1.88. The quantitative estimate of drug-likeness (QED) is 0.665. The van der Waals surface area contributed by atoms with E-state index in [-0.39, 0.29) is 5.41 Å². The lowest BCUT2D eigenvalue weighted by molar-refractivity contribution is 0.929. The zero-order valence-corrected chi connectivity index (χ0v) is 8.22. The summed E-state index contributed by atoms with van der Waals surface area (Å²) in [4.78, 5) is 0. The highest BCUT2D eigenvalue weighted by Gasteiger charge is 2.46. The predicted molar refractivity (Wildman–Crippen MR) is 55.5 cm³/mol. The molecule has 0 radical (unpaired) electrons. The van der Waals surface area contributed by atoms with E-state index in [4.69, 9.17) is 5.41 Å². The van der Waals surface area contributed by atoms with Crippen LogP contribution in [-0.4, -0.2) is 5.71 Å². The average molecular weight is 173 g/mol. The van der Waals surface area contributed by atoms with Gasteiger partial charge in [0.2, 0.25) is 0 Å². The summed E-state index contributed by atoms with van der Waals surface area (Å²) in [6, 6.07) is 8.61. The molecule has 1 aliphatic rings. The van der Waals surface area contributed by atoms with Gasteiger partial charge in [-0.1, -0.05) is 29.8 Å². The molecule has 0 saturated heterocycles. The highest BCUT2D eigenvalue weighted by atomic mass is 14.6. The molecule has 13 heavy (non-hydrogen) atoms. The number of nitrogens with one attached hydrogen (secondary N) is 1. The normalized spacial score (nSPS) is 18.3. The second-order valence-corrected chi connectivity index (χ2v) is 4.07.